The lowest BCUT2D eigenvalue weighted by Gasteiger charge is -2.40. The highest BCUT2D eigenvalue weighted by Gasteiger charge is 2.33. The lowest BCUT2D eigenvalue weighted by atomic mass is 9.89. The number of hydrogen-bond donors (Lipinski definition) is 1. The fourth-order valence-electron chi connectivity index (χ4n) is 4.05. The molecular formula is C22H24F2N6O. The Labute approximate surface area is 179 Å². The average Bonchev–Trinajstić information content (AvgIpc) is 3.28. The minimum Gasteiger partial charge on any atom is -0.366 e. The highest BCUT2D eigenvalue weighted by Crippen LogP contribution is 2.27. The molecule has 0 bridgehead atoms. The highest BCUT2D eigenvalue weighted by atomic mass is 19.1. The van der Waals surface area contributed by atoms with Crippen molar-refractivity contribution in [2.24, 2.45) is 5.92 Å². The number of nitrogens with zero attached hydrogens (tertiary/aromatic N) is 5. The summed E-state index contributed by atoms with van der Waals surface area (Å²) in [6.07, 6.45) is 5.93. The first-order valence-corrected chi connectivity index (χ1v) is 10.3. The normalized spacial score (nSPS) is 18.8. The first-order valence-electron chi connectivity index (χ1n) is 10.3. The molecule has 1 aliphatic heterocycles. The number of aromatic nitrogens is 4. The molecule has 1 saturated heterocycles. The lowest BCUT2D eigenvalue weighted by molar-refractivity contribution is 0.0539. The maximum atomic E-state index is 14.0. The molecule has 0 saturated carbocycles. The topological polar surface area (TPSA) is 75.9 Å². The van der Waals surface area contributed by atoms with Crippen LogP contribution in [-0.2, 0) is 0 Å². The Bertz CT molecular complexity index is 1070. The molecule has 162 valence electrons. The lowest BCUT2D eigenvalue weighted by Crippen LogP contribution is -2.51. The van der Waals surface area contributed by atoms with E-state index in [1.54, 1.807) is 12.4 Å². The molecule has 1 aliphatic rings. The molecule has 1 aromatic carbocycles. The molecule has 0 spiro atoms. The minimum absolute atomic E-state index is 0.0245. The number of hydrogen-bond acceptors (Lipinski definition) is 5. The van der Waals surface area contributed by atoms with Gasteiger partial charge < -0.3 is 10.2 Å². The van der Waals surface area contributed by atoms with Crippen molar-refractivity contribution < 1.29 is 13.6 Å². The molecule has 3 aromatic rings. The molecule has 7 nitrogen and oxygen atoms in total. The Kier molecular flexibility index (Phi) is 5.92. The summed E-state index contributed by atoms with van der Waals surface area (Å²) in [4.78, 5) is 20.7. The number of carbonyl (C=O) groups excluding carboxylic acids is 1. The van der Waals surface area contributed by atoms with Crippen LogP contribution < -0.4 is 5.32 Å². The summed E-state index contributed by atoms with van der Waals surface area (Å²) in [5.41, 5.74) is 2.08. The van der Waals surface area contributed by atoms with Gasteiger partial charge in [-0.05, 0) is 37.8 Å². The van der Waals surface area contributed by atoms with Crippen LogP contribution in [0.25, 0.3) is 5.69 Å². The summed E-state index contributed by atoms with van der Waals surface area (Å²) in [5.74, 6) is -1.44. The number of pyridine rings is 1. The van der Waals surface area contributed by atoms with Gasteiger partial charge in [0, 0.05) is 19.2 Å². The van der Waals surface area contributed by atoms with Gasteiger partial charge in [0.25, 0.3) is 5.91 Å². The van der Waals surface area contributed by atoms with Gasteiger partial charge in [-0.2, -0.15) is 15.0 Å². The molecule has 4 rings (SSSR count). The van der Waals surface area contributed by atoms with Crippen LogP contribution in [0.15, 0.2) is 42.9 Å². The Morgan fingerprint density at radius 1 is 1.23 bits per heavy atom. The van der Waals surface area contributed by atoms with E-state index in [9.17, 15) is 13.6 Å². The van der Waals surface area contributed by atoms with E-state index in [0.717, 1.165) is 30.7 Å². The predicted molar refractivity (Wildman–Crippen MR) is 112 cm³/mol. The molecule has 2 atom stereocenters. The Hall–Kier alpha value is -3.36. The van der Waals surface area contributed by atoms with Gasteiger partial charge in [-0.3, -0.25) is 4.79 Å². The van der Waals surface area contributed by atoms with E-state index in [1.807, 2.05) is 30.0 Å². The van der Waals surface area contributed by atoms with Crippen molar-refractivity contribution in [3.63, 3.8) is 0 Å². The van der Waals surface area contributed by atoms with Crippen molar-refractivity contribution in [3.8, 4) is 5.69 Å². The predicted octanol–water partition coefficient (Wildman–Crippen LogP) is 3.60. The van der Waals surface area contributed by atoms with E-state index < -0.39 is 11.6 Å². The maximum Gasteiger partial charge on any atom is 0.256 e. The number of halogens is 2. The maximum absolute atomic E-state index is 14.0. The number of amides is 1. The molecule has 1 unspecified atom stereocenters. The minimum atomic E-state index is -0.757. The third kappa shape index (κ3) is 4.40. The monoisotopic (exact) mass is 426 g/mol. The number of benzene rings is 1. The van der Waals surface area contributed by atoms with Crippen LogP contribution in [0, 0.1) is 24.5 Å². The first-order chi connectivity index (χ1) is 14.9. The summed E-state index contributed by atoms with van der Waals surface area (Å²) in [6.45, 7) is 4.91. The van der Waals surface area contributed by atoms with Crippen molar-refractivity contribution >= 4 is 11.7 Å². The molecule has 3 heterocycles. The second-order valence-corrected chi connectivity index (χ2v) is 7.89. The molecule has 9 heteroatoms. The van der Waals surface area contributed by atoms with Gasteiger partial charge >= 0.3 is 0 Å². The van der Waals surface area contributed by atoms with Gasteiger partial charge in [-0.1, -0.05) is 18.6 Å². The number of piperidine rings is 1. The number of likely N-dealkylation sites (tertiary alicyclic amines) is 1. The van der Waals surface area contributed by atoms with E-state index >= 15 is 0 Å². The molecule has 31 heavy (non-hydrogen) atoms. The fourth-order valence-corrected chi connectivity index (χ4v) is 4.05. The van der Waals surface area contributed by atoms with Gasteiger partial charge in [-0.15, -0.1) is 0 Å². The van der Waals surface area contributed by atoms with Crippen LogP contribution in [0.3, 0.4) is 0 Å². The third-order valence-corrected chi connectivity index (χ3v) is 5.68. The van der Waals surface area contributed by atoms with Gasteiger partial charge in [0.1, 0.15) is 5.82 Å². The number of carbonyl (C=O) groups is 1. The number of rotatable bonds is 5. The van der Waals surface area contributed by atoms with Gasteiger partial charge in [0.15, 0.2) is 11.6 Å². The Balaban J connectivity index is 1.61. The molecule has 2 aromatic heterocycles. The zero-order valence-corrected chi connectivity index (χ0v) is 17.4. The molecule has 1 amide bonds. The zero-order chi connectivity index (χ0) is 22.0. The average molecular weight is 426 g/mol. The fraction of sp³-hybridized carbons (Fsp3) is 0.364. The molecular weight excluding hydrogens is 402 g/mol. The van der Waals surface area contributed by atoms with Gasteiger partial charge in [-0.25, -0.2) is 13.8 Å². The Morgan fingerprint density at radius 3 is 2.74 bits per heavy atom. The second kappa shape index (κ2) is 8.79. The molecule has 1 fully saturated rings. The second-order valence-electron chi connectivity index (χ2n) is 7.89. The van der Waals surface area contributed by atoms with E-state index in [0.29, 0.717) is 24.3 Å². The van der Waals surface area contributed by atoms with Gasteiger partial charge in [0.2, 0.25) is 0 Å². The number of nitrogens with one attached hydrogen (secondary N) is 1. The summed E-state index contributed by atoms with van der Waals surface area (Å²) in [6, 6.07) is 6.20. The van der Waals surface area contributed by atoms with E-state index in [2.05, 4.69) is 27.4 Å². The Morgan fingerprint density at radius 2 is 2.00 bits per heavy atom. The summed E-state index contributed by atoms with van der Waals surface area (Å²) in [7, 11) is 0. The number of aryl methyl sites for hydroxylation is 1. The molecule has 1 N–H and O–H groups in total. The highest BCUT2D eigenvalue weighted by molar-refractivity contribution is 5.98. The van der Waals surface area contributed by atoms with Crippen LogP contribution >= 0.6 is 0 Å². The number of anilines is 1. The molecule has 0 radical (unpaired) electrons. The summed E-state index contributed by atoms with van der Waals surface area (Å²) >= 11 is 0. The van der Waals surface area contributed by atoms with Crippen LogP contribution in [0.5, 0.6) is 0 Å². The first kappa shape index (κ1) is 20.9. The van der Waals surface area contributed by atoms with Gasteiger partial charge in [0.05, 0.1) is 35.9 Å². The van der Waals surface area contributed by atoms with E-state index in [1.165, 1.54) is 4.80 Å². The third-order valence-electron chi connectivity index (χ3n) is 5.68. The van der Waals surface area contributed by atoms with Crippen molar-refractivity contribution in [1.29, 1.82) is 0 Å². The molecule has 0 aliphatic carbocycles. The zero-order valence-electron chi connectivity index (χ0n) is 17.4. The van der Waals surface area contributed by atoms with Crippen LogP contribution in [0.1, 0.15) is 35.7 Å². The largest absolute Gasteiger partial charge is 0.366 e. The quantitative estimate of drug-likeness (QED) is 0.675. The smallest absolute Gasteiger partial charge is 0.256 e. The van der Waals surface area contributed by atoms with Crippen molar-refractivity contribution in [2.75, 3.05) is 18.4 Å². The van der Waals surface area contributed by atoms with Crippen molar-refractivity contribution in [1.82, 2.24) is 24.9 Å². The van der Waals surface area contributed by atoms with Crippen LogP contribution in [0.4, 0.5) is 14.6 Å². The van der Waals surface area contributed by atoms with E-state index in [-0.39, 0.29) is 23.7 Å². The SMILES string of the molecule is Cc1ccc(-n2nccn2)c(C(=O)N2CCCC(C)[C@H]2CNc2ncc(F)cc2F)c1. The van der Waals surface area contributed by atoms with Crippen molar-refractivity contribution in [2.45, 2.75) is 32.7 Å². The van der Waals surface area contributed by atoms with Crippen molar-refractivity contribution in [3.05, 3.63) is 65.6 Å². The van der Waals surface area contributed by atoms with Crippen LogP contribution in [-0.4, -0.2) is 49.9 Å². The van der Waals surface area contributed by atoms with Crippen LogP contribution in [0.2, 0.25) is 0 Å². The summed E-state index contributed by atoms with van der Waals surface area (Å²) in [5, 5.41) is 11.3. The van der Waals surface area contributed by atoms with E-state index in [4.69, 9.17) is 0 Å². The summed E-state index contributed by atoms with van der Waals surface area (Å²) < 4.78 is 27.2. The standard InChI is InChI=1S/C22H24F2N6O/c1-14-5-6-19(30-27-7-8-28-30)17(10-14)22(31)29-9-3-4-15(2)20(29)13-26-21-18(24)11-16(23)12-25-21/h5-8,10-12,15,20H,3-4,9,13H2,1-2H3,(H,25,26)/t15?,20-/m1/s1.